The van der Waals surface area contributed by atoms with Crippen molar-refractivity contribution >= 4 is 23.2 Å². The van der Waals surface area contributed by atoms with Crippen LogP contribution >= 0.6 is 11.6 Å². The Hall–Kier alpha value is -2.62. The molecule has 0 aliphatic carbocycles. The second kappa shape index (κ2) is 7.32. The molecule has 3 heterocycles. The van der Waals surface area contributed by atoms with Gasteiger partial charge in [-0.1, -0.05) is 23.4 Å². The smallest absolute Gasteiger partial charge is 0.254 e. The monoisotopic (exact) mass is 366 g/mol. The van der Waals surface area contributed by atoms with Crippen molar-refractivity contribution in [2.45, 2.75) is 6.92 Å². The van der Waals surface area contributed by atoms with Crippen LogP contribution in [0.15, 0.2) is 36.7 Å². The van der Waals surface area contributed by atoms with Crippen LogP contribution in [0.2, 0.25) is 5.02 Å². The van der Waals surface area contributed by atoms with E-state index >= 15 is 0 Å². The van der Waals surface area contributed by atoms with Crippen molar-refractivity contribution in [1.29, 1.82) is 0 Å². The molecule has 1 aromatic carbocycles. The fraction of sp³-hybridized carbons (Fsp3) is 0.316. The molecule has 2 aromatic heterocycles. The van der Waals surface area contributed by atoms with Crippen molar-refractivity contribution in [2.24, 2.45) is 0 Å². The molecule has 0 atom stereocenters. The summed E-state index contributed by atoms with van der Waals surface area (Å²) < 4.78 is 1.81. The second-order valence-corrected chi connectivity index (χ2v) is 6.74. The molecule has 0 spiro atoms. The Morgan fingerprint density at radius 3 is 2.65 bits per heavy atom. The second-order valence-electron chi connectivity index (χ2n) is 6.30. The molecule has 0 saturated carbocycles. The molecule has 0 N–H and O–H groups in total. The van der Waals surface area contributed by atoms with E-state index in [9.17, 15) is 0 Å². The minimum Gasteiger partial charge on any atom is -0.354 e. The van der Waals surface area contributed by atoms with Gasteiger partial charge in [-0.05, 0) is 31.2 Å². The number of anilines is 1. The minimum absolute atomic E-state index is 0.649. The zero-order valence-electron chi connectivity index (χ0n) is 14.6. The maximum atomic E-state index is 5.90. The molecule has 1 saturated heterocycles. The third-order valence-corrected chi connectivity index (χ3v) is 4.69. The molecule has 1 fully saturated rings. The van der Waals surface area contributed by atoms with Gasteiger partial charge < -0.3 is 4.90 Å². The Kier molecular flexibility index (Phi) is 4.74. The zero-order chi connectivity index (χ0) is 17.9. The molecule has 0 amide bonds. The van der Waals surface area contributed by atoms with Crippen LogP contribution < -0.4 is 4.90 Å². The van der Waals surface area contributed by atoms with E-state index in [0.29, 0.717) is 5.78 Å². The molecule has 4 rings (SSSR count). The Morgan fingerprint density at radius 1 is 1.12 bits per heavy atom. The molecule has 26 heavy (non-hydrogen) atoms. The molecule has 3 aromatic rings. The maximum Gasteiger partial charge on any atom is 0.254 e. The molecule has 7 heteroatoms. The number of rotatable bonds is 2. The van der Waals surface area contributed by atoms with Crippen molar-refractivity contribution < 1.29 is 0 Å². The van der Waals surface area contributed by atoms with E-state index in [-0.39, 0.29) is 0 Å². The number of aryl methyl sites for hydroxylation is 1. The van der Waals surface area contributed by atoms with Gasteiger partial charge in [0.05, 0.1) is 6.54 Å². The summed E-state index contributed by atoms with van der Waals surface area (Å²) in [5, 5.41) is 5.04. The molecule has 1 aliphatic heterocycles. The van der Waals surface area contributed by atoms with E-state index in [0.717, 1.165) is 54.8 Å². The van der Waals surface area contributed by atoms with Gasteiger partial charge in [-0.15, -0.1) is 0 Å². The summed E-state index contributed by atoms with van der Waals surface area (Å²) >= 11 is 5.90. The number of nitrogens with zero attached hydrogens (tertiary/aromatic N) is 6. The summed E-state index contributed by atoms with van der Waals surface area (Å²) in [6.45, 7) is 6.55. The highest BCUT2D eigenvalue weighted by Crippen LogP contribution is 2.17. The van der Waals surface area contributed by atoms with Crippen LogP contribution in [0, 0.1) is 18.8 Å². The Labute approximate surface area is 157 Å². The zero-order valence-corrected chi connectivity index (χ0v) is 15.3. The lowest BCUT2D eigenvalue weighted by molar-refractivity contribution is 0.287. The van der Waals surface area contributed by atoms with Gasteiger partial charge >= 0.3 is 0 Å². The van der Waals surface area contributed by atoms with E-state index in [4.69, 9.17) is 11.6 Å². The standard InChI is InChI=1S/C19H19ClN6/c1-15-13-18(26-19(23-15)21-14-22-26)25-11-9-24(10-12-25)8-2-3-16-4-6-17(20)7-5-16/h4-7,13-14H,8-12H2,1H3. The first kappa shape index (κ1) is 16.8. The average Bonchev–Trinajstić information content (AvgIpc) is 3.12. The van der Waals surface area contributed by atoms with Crippen LogP contribution in [-0.2, 0) is 0 Å². The predicted molar refractivity (Wildman–Crippen MR) is 103 cm³/mol. The van der Waals surface area contributed by atoms with Gasteiger partial charge in [-0.25, -0.2) is 4.98 Å². The number of fused-ring (bicyclic) bond motifs is 1. The molecular formula is C19H19ClN6. The van der Waals surface area contributed by atoms with Crippen molar-refractivity contribution in [3.63, 3.8) is 0 Å². The lowest BCUT2D eigenvalue weighted by Crippen LogP contribution is -2.47. The van der Waals surface area contributed by atoms with Gasteiger partial charge in [0, 0.05) is 48.5 Å². The van der Waals surface area contributed by atoms with Crippen molar-refractivity contribution in [3.05, 3.63) is 52.9 Å². The Bertz CT molecular complexity index is 961. The van der Waals surface area contributed by atoms with E-state index in [1.807, 2.05) is 35.7 Å². The number of aromatic nitrogens is 4. The van der Waals surface area contributed by atoms with E-state index in [1.54, 1.807) is 6.33 Å². The predicted octanol–water partition coefficient (Wildman–Crippen LogP) is 2.26. The molecule has 0 unspecified atom stereocenters. The van der Waals surface area contributed by atoms with Crippen molar-refractivity contribution in [1.82, 2.24) is 24.5 Å². The van der Waals surface area contributed by atoms with Crippen LogP contribution in [0.1, 0.15) is 11.3 Å². The van der Waals surface area contributed by atoms with Crippen LogP contribution in [0.3, 0.4) is 0 Å². The summed E-state index contributed by atoms with van der Waals surface area (Å²) in [6.07, 6.45) is 1.55. The van der Waals surface area contributed by atoms with E-state index in [1.165, 1.54) is 0 Å². The van der Waals surface area contributed by atoms with Gasteiger partial charge in [0.25, 0.3) is 5.78 Å². The SMILES string of the molecule is Cc1cc(N2CCN(CC#Cc3ccc(Cl)cc3)CC2)n2ncnc2n1. The van der Waals surface area contributed by atoms with E-state index in [2.05, 4.69) is 42.8 Å². The lowest BCUT2D eigenvalue weighted by atomic mass is 10.2. The topological polar surface area (TPSA) is 49.6 Å². The molecule has 6 nitrogen and oxygen atoms in total. The number of halogens is 1. The molecule has 1 aliphatic rings. The van der Waals surface area contributed by atoms with Crippen LogP contribution in [0.4, 0.5) is 5.82 Å². The number of piperazine rings is 1. The highest BCUT2D eigenvalue weighted by molar-refractivity contribution is 6.30. The summed E-state index contributed by atoms with van der Waals surface area (Å²) in [6, 6.07) is 9.69. The summed E-state index contributed by atoms with van der Waals surface area (Å²) in [5.41, 5.74) is 1.95. The highest BCUT2D eigenvalue weighted by Gasteiger charge is 2.19. The van der Waals surface area contributed by atoms with Crippen LogP contribution in [0.5, 0.6) is 0 Å². The summed E-state index contributed by atoms with van der Waals surface area (Å²) in [4.78, 5) is 13.3. The van der Waals surface area contributed by atoms with E-state index < -0.39 is 0 Å². The third-order valence-electron chi connectivity index (χ3n) is 4.44. The first-order valence-corrected chi connectivity index (χ1v) is 8.96. The molecule has 0 bridgehead atoms. The summed E-state index contributed by atoms with van der Waals surface area (Å²) in [5.74, 6) is 8.15. The summed E-state index contributed by atoms with van der Waals surface area (Å²) in [7, 11) is 0. The van der Waals surface area contributed by atoms with Crippen molar-refractivity contribution in [3.8, 4) is 11.8 Å². The number of hydrogen-bond acceptors (Lipinski definition) is 5. The van der Waals surface area contributed by atoms with Gasteiger partial charge in [0.15, 0.2) is 0 Å². The molecule has 0 radical (unpaired) electrons. The minimum atomic E-state index is 0.649. The normalized spacial score (nSPS) is 15.1. The fourth-order valence-electron chi connectivity index (χ4n) is 3.06. The van der Waals surface area contributed by atoms with Crippen molar-refractivity contribution in [2.75, 3.05) is 37.6 Å². The lowest BCUT2D eigenvalue weighted by Gasteiger charge is -2.35. The third kappa shape index (κ3) is 3.64. The van der Waals surface area contributed by atoms with Crippen LogP contribution in [-0.4, -0.2) is 57.2 Å². The highest BCUT2D eigenvalue weighted by atomic mass is 35.5. The van der Waals surface area contributed by atoms with Gasteiger partial charge in [-0.3, -0.25) is 4.90 Å². The molecule has 132 valence electrons. The average molecular weight is 367 g/mol. The molecular weight excluding hydrogens is 348 g/mol. The van der Waals surface area contributed by atoms with Gasteiger partial charge in [0.1, 0.15) is 12.1 Å². The Morgan fingerprint density at radius 2 is 1.88 bits per heavy atom. The maximum absolute atomic E-state index is 5.90. The number of benzene rings is 1. The Balaban J connectivity index is 1.38. The first-order valence-electron chi connectivity index (χ1n) is 8.58. The van der Waals surface area contributed by atoms with Gasteiger partial charge in [-0.2, -0.15) is 14.6 Å². The van der Waals surface area contributed by atoms with Crippen LogP contribution in [0.25, 0.3) is 5.78 Å². The largest absolute Gasteiger partial charge is 0.354 e. The quantitative estimate of drug-likeness (QED) is 0.651. The van der Waals surface area contributed by atoms with Gasteiger partial charge in [0.2, 0.25) is 0 Å². The number of hydrogen-bond donors (Lipinski definition) is 0. The fourth-order valence-corrected chi connectivity index (χ4v) is 3.18. The first-order chi connectivity index (χ1) is 12.7.